The molecule has 0 unspecified atom stereocenters. The van der Waals surface area contributed by atoms with E-state index < -0.39 is 0 Å². The van der Waals surface area contributed by atoms with Crippen LogP contribution in [0.3, 0.4) is 0 Å². The van der Waals surface area contributed by atoms with Crippen LogP contribution in [0.15, 0.2) is 46.6 Å². The van der Waals surface area contributed by atoms with Crippen LogP contribution in [0.5, 0.6) is 0 Å². The smallest absolute Gasteiger partial charge is 0.253 e. The van der Waals surface area contributed by atoms with Crippen LogP contribution in [-0.2, 0) is 17.8 Å². The van der Waals surface area contributed by atoms with E-state index in [9.17, 15) is 9.59 Å². The van der Waals surface area contributed by atoms with E-state index in [2.05, 4.69) is 15.3 Å². The summed E-state index contributed by atoms with van der Waals surface area (Å²) < 4.78 is 0. The fourth-order valence-electron chi connectivity index (χ4n) is 2.62. The van der Waals surface area contributed by atoms with Gasteiger partial charge in [-0.25, -0.2) is 4.98 Å². The van der Waals surface area contributed by atoms with Gasteiger partial charge in [-0.2, -0.15) is 0 Å². The summed E-state index contributed by atoms with van der Waals surface area (Å²) in [5, 5.41) is 5.60. The average molecular weight is 353 g/mol. The summed E-state index contributed by atoms with van der Waals surface area (Å²) in [7, 11) is 0. The SMILES string of the molecule is Cc1cc(C)c(CNC(=O)Cc2csc(-c3ccccc3)n2)c(=O)[nH]1. The standard InChI is InChI=1S/C19H19N3O2S/c1-12-8-13(2)21-18(24)16(12)10-20-17(23)9-15-11-25-19(22-15)14-6-4-3-5-7-14/h3-8,11H,9-10H2,1-2H3,(H,20,23)(H,21,24). The molecule has 1 aromatic carbocycles. The molecule has 25 heavy (non-hydrogen) atoms. The second-order valence-electron chi connectivity index (χ2n) is 5.91. The van der Waals surface area contributed by atoms with Crippen molar-refractivity contribution in [1.82, 2.24) is 15.3 Å². The number of aryl methyl sites for hydroxylation is 2. The highest BCUT2D eigenvalue weighted by Gasteiger charge is 2.11. The lowest BCUT2D eigenvalue weighted by Gasteiger charge is -2.07. The van der Waals surface area contributed by atoms with Crippen molar-refractivity contribution in [1.29, 1.82) is 0 Å². The summed E-state index contributed by atoms with van der Waals surface area (Å²) in [6, 6.07) is 11.8. The second kappa shape index (κ2) is 7.44. The van der Waals surface area contributed by atoms with Crippen LogP contribution in [0, 0.1) is 13.8 Å². The topological polar surface area (TPSA) is 74.8 Å². The third-order valence-corrected chi connectivity index (χ3v) is 4.81. The van der Waals surface area contributed by atoms with Gasteiger partial charge in [-0.3, -0.25) is 9.59 Å². The highest BCUT2D eigenvalue weighted by molar-refractivity contribution is 7.13. The molecular formula is C19H19N3O2S. The number of hydrogen-bond donors (Lipinski definition) is 2. The zero-order valence-electron chi connectivity index (χ0n) is 14.1. The number of thiazole rings is 1. The van der Waals surface area contributed by atoms with Gasteiger partial charge < -0.3 is 10.3 Å². The molecule has 0 bridgehead atoms. The Bertz CT molecular complexity index is 945. The van der Waals surface area contributed by atoms with Crippen LogP contribution in [0.1, 0.15) is 22.5 Å². The van der Waals surface area contributed by atoms with Gasteiger partial charge in [0, 0.05) is 28.7 Å². The molecule has 3 rings (SSSR count). The van der Waals surface area contributed by atoms with Crippen LogP contribution in [0.25, 0.3) is 10.6 Å². The number of aromatic amines is 1. The number of nitrogens with zero attached hydrogens (tertiary/aromatic N) is 1. The van der Waals surface area contributed by atoms with Gasteiger partial charge in [-0.05, 0) is 25.5 Å². The van der Waals surface area contributed by atoms with Gasteiger partial charge in [0.1, 0.15) is 5.01 Å². The van der Waals surface area contributed by atoms with Crippen molar-refractivity contribution < 1.29 is 4.79 Å². The van der Waals surface area contributed by atoms with Crippen LogP contribution < -0.4 is 10.9 Å². The van der Waals surface area contributed by atoms with Crippen molar-refractivity contribution >= 4 is 17.2 Å². The Hall–Kier alpha value is -2.73. The Morgan fingerprint density at radius 2 is 2.00 bits per heavy atom. The van der Waals surface area contributed by atoms with E-state index in [1.165, 1.54) is 11.3 Å². The van der Waals surface area contributed by atoms with E-state index in [4.69, 9.17) is 0 Å². The molecule has 5 nitrogen and oxygen atoms in total. The summed E-state index contributed by atoms with van der Waals surface area (Å²) in [6.07, 6.45) is 0.201. The maximum atomic E-state index is 12.2. The molecule has 0 radical (unpaired) electrons. The first-order valence-electron chi connectivity index (χ1n) is 7.99. The van der Waals surface area contributed by atoms with Crippen molar-refractivity contribution in [3.8, 4) is 10.6 Å². The van der Waals surface area contributed by atoms with Crippen LogP contribution in [0.4, 0.5) is 0 Å². The van der Waals surface area contributed by atoms with Crippen LogP contribution in [-0.4, -0.2) is 15.9 Å². The van der Waals surface area contributed by atoms with Gasteiger partial charge in [0.15, 0.2) is 0 Å². The Balaban J connectivity index is 1.62. The first-order chi connectivity index (χ1) is 12.0. The second-order valence-corrected chi connectivity index (χ2v) is 6.76. The maximum absolute atomic E-state index is 12.2. The van der Waals surface area contributed by atoms with Crippen molar-refractivity contribution in [2.75, 3.05) is 0 Å². The number of carbonyl (C=O) groups is 1. The van der Waals surface area contributed by atoms with Gasteiger partial charge in [0.25, 0.3) is 5.56 Å². The molecule has 128 valence electrons. The molecule has 2 N–H and O–H groups in total. The molecule has 0 atom stereocenters. The van der Waals surface area contributed by atoms with Crippen molar-refractivity contribution in [3.05, 3.63) is 74.6 Å². The van der Waals surface area contributed by atoms with Crippen LogP contribution >= 0.6 is 11.3 Å². The summed E-state index contributed by atoms with van der Waals surface area (Å²) in [4.78, 5) is 31.4. The average Bonchev–Trinajstić information content (AvgIpc) is 3.03. The normalized spacial score (nSPS) is 10.6. The number of carbonyl (C=O) groups excluding carboxylic acids is 1. The fraction of sp³-hybridized carbons (Fsp3) is 0.211. The lowest BCUT2D eigenvalue weighted by Crippen LogP contribution is -2.29. The van der Waals surface area contributed by atoms with E-state index in [1.54, 1.807) is 0 Å². The van der Waals surface area contributed by atoms with Crippen molar-refractivity contribution in [2.24, 2.45) is 0 Å². The number of pyridine rings is 1. The van der Waals surface area contributed by atoms with Gasteiger partial charge in [0.2, 0.25) is 5.91 Å². The highest BCUT2D eigenvalue weighted by Crippen LogP contribution is 2.23. The number of nitrogens with one attached hydrogen (secondary N) is 2. The third-order valence-electron chi connectivity index (χ3n) is 3.87. The molecule has 0 aliphatic heterocycles. The quantitative estimate of drug-likeness (QED) is 0.740. The summed E-state index contributed by atoms with van der Waals surface area (Å²) >= 11 is 1.52. The van der Waals surface area contributed by atoms with Crippen LogP contribution in [0.2, 0.25) is 0 Å². The first kappa shape index (κ1) is 17.1. The molecular weight excluding hydrogens is 334 g/mol. The molecule has 0 aliphatic carbocycles. The summed E-state index contributed by atoms with van der Waals surface area (Å²) in [6.45, 7) is 3.93. The predicted molar refractivity (Wildman–Crippen MR) is 99.6 cm³/mol. The van der Waals surface area contributed by atoms with Gasteiger partial charge in [0.05, 0.1) is 12.1 Å². The molecule has 6 heteroatoms. The summed E-state index contributed by atoms with van der Waals surface area (Å²) in [5.74, 6) is -0.149. The number of hydrogen-bond acceptors (Lipinski definition) is 4. The third kappa shape index (κ3) is 4.22. The zero-order valence-corrected chi connectivity index (χ0v) is 14.9. The van der Waals surface area contributed by atoms with Crippen molar-refractivity contribution in [2.45, 2.75) is 26.8 Å². The number of aromatic nitrogens is 2. The lowest BCUT2D eigenvalue weighted by molar-refractivity contribution is -0.120. The summed E-state index contributed by atoms with van der Waals surface area (Å²) in [5.41, 5.74) is 3.90. The molecule has 0 spiro atoms. The van der Waals surface area contributed by atoms with E-state index in [-0.39, 0.29) is 24.4 Å². The minimum absolute atomic E-state index is 0.149. The molecule has 2 aromatic heterocycles. The van der Waals surface area contributed by atoms with Crippen molar-refractivity contribution in [3.63, 3.8) is 0 Å². The largest absolute Gasteiger partial charge is 0.351 e. The highest BCUT2D eigenvalue weighted by atomic mass is 32.1. The molecule has 3 aromatic rings. The first-order valence-corrected chi connectivity index (χ1v) is 8.87. The Morgan fingerprint density at radius 3 is 2.72 bits per heavy atom. The molecule has 0 fully saturated rings. The lowest BCUT2D eigenvalue weighted by atomic mass is 10.1. The number of amides is 1. The Labute approximate surface area is 149 Å². The predicted octanol–water partition coefficient (Wildman–Crippen LogP) is 2.97. The van der Waals surface area contributed by atoms with E-state index >= 15 is 0 Å². The molecule has 1 amide bonds. The monoisotopic (exact) mass is 353 g/mol. The molecule has 0 saturated carbocycles. The van der Waals surface area contributed by atoms with Gasteiger partial charge in [-0.15, -0.1) is 11.3 Å². The number of H-pyrrole nitrogens is 1. The fourth-order valence-corrected chi connectivity index (χ4v) is 3.44. The molecule has 0 saturated heterocycles. The molecule has 2 heterocycles. The van der Waals surface area contributed by atoms with E-state index in [0.717, 1.165) is 27.5 Å². The Morgan fingerprint density at radius 1 is 1.24 bits per heavy atom. The van der Waals surface area contributed by atoms with E-state index in [0.29, 0.717) is 5.56 Å². The Kier molecular flexibility index (Phi) is 5.09. The molecule has 0 aliphatic rings. The van der Waals surface area contributed by atoms with E-state index in [1.807, 2.05) is 55.6 Å². The number of benzene rings is 1. The zero-order chi connectivity index (χ0) is 17.8. The minimum Gasteiger partial charge on any atom is -0.351 e. The minimum atomic E-state index is -0.155. The maximum Gasteiger partial charge on any atom is 0.253 e. The number of rotatable bonds is 5. The van der Waals surface area contributed by atoms with Gasteiger partial charge in [-0.1, -0.05) is 30.3 Å². The van der Waals surface area contributed by atoms with Gasteiger partial charge >= 0.3 is 0 Å².